The highest BCUT2D eigenvalue weighted by Crippen LogP contribution is 2.17. The van der Waals surface area contributed by atoms with Crippen molar-refractivity contribution in [2.75, 3.05) is 13.2 Å². The first kappa shape index (κ1) is 12.2. The van der Waals surface area contributed by atoms with Crippen LogP contribution in [0, 0.1) is 0 Å². The Bertz CT molecular complexity index is 379. The molecule has 0 radical (unpaired) electrons. The fraction of sp³-hybridized carbons (Fsp3) is 0.615. The number of aromatic nitrogens is 1. The highest BCUT2D eigenvalue weighted by molar-refractivity contribution is 5.95. The number of hydrogen-bond acceptors (Lipinski definition) is 2. The third kappa shape index (κ3) is 2.88. The van der Waals surface area contributed by atoms with Gasteiger partial charge in [-0.15, -0.1) is 0 Å². The Hall–Kier alpha value is -1.29. The van der Waals surface area contributed by atoms with Crippen LogP contribution in [0.4, 0.5) is 0 Å². The minimum absolute atomic E-state index is 0.00884. The summed E-state index contributed by atoms with van der Waals surface area (Å²) >= 11 is 0. The molecule has 1 unspecified atom stereocenters. The number of ether oxygens (including phenoxy) is 1. The molecule has 0 aliphatic carbocycles. The number of nitrogens with one attached hydrogen (secondary N) is 2. The molecule has 2 N–H and O–H groups in total. The lowest BCUT2D eigenvalue weighted by Crippen LogP contribution is -2.32. The van der Waals surface area contributed by atoms with Gasteiger partial charge in [0.15, 0.2) is 0 Å². The molecule has 2 heterocycles. The lowest BCUT2D eigenvalue weighted by atomic mass is 10.1. The number of hydrogen-bond donors (Lipinski definition) is 2. The second kappa shape index (κ2) is 5.36. The third-order valence-corrected chi connectivity index (χ3v) is 3.12. The topological polar surface area (TPSA) is 54.1 Å². The van der Waals surface area contributed by atoms with E-state index in [-0.39, 0.29) is 12.0 Å². The molecule has 0 aromatic carbocycles. The summed E-state index contributed by atoms with van der Waals surface area (Å²) < 4.78 is 5.48. The first-order chi connectivity index (χ1) is 8.18. The van der Waals surface area contributed by atoms with Gasteiger partial charge in [-0.1, -0.05) is 13.8 Å². The number of H-pyrrole nitrogens is 1. The lowest BCUT2D eigenvalue weighted by Gasteiger charge is -2.12. The predicted octanol–water partition coefficient (Wildman–Crippen LogP) is 2.05. The van der Waals surface area contributed by atoms with Gasteiger partial charge < -0.3 is 15.0 Å². The lowest BCUT2D eigenvalue weighted by molar-refractivity contribution is 0.0857. The van der Waals surface area contributed by atoms with Crippen molar-refractivity contribution in [3.8, 4) is 0 Å². The minimum Gasteiger partial charge on any atom is -0.376 e. The predicted molar refractivity (Wildman–Crippen MR) is 66.2 cm³/mol. The average molecular weight is 236 g/mol. The molecule has 1 amide bonds. The smallest absolute Gasteiger partial charge is 0.253 e. The van der Waals surface area contributed by atoms with Crippen LogP contribution in [-0.2, 0) is 4.74 Å². The number of amides is 1. The van der Waals surface area contributed by atoms with E-state index in [1.54, 1.807) is 0 Å². The van der Waals surface area contributed by atoms with E-state index in [1.165, 1.54) is 0 Å². The Labute approximate surface area is 102 Å². The molecule has 2 rings (SSSR count). The quantitative estimate of drug-likeness (QED) is 0.840. The van der Waals surface area contributed by atoms with E-state index in [2.05, 4.69) is 24.1 Å². The molecule has 4 heteroatoms. The zero-order chi connectivity index (χ0) is 12.3. The molecule has 1 aromatic rings. The molecule has 4 nitrogen and oxygen atoms in total. The van der Waals surface area contributed by atoms with Crippen LogP contribution in [0.1, 0.15) is 48.7 Å². The maximum Gasteiger partial charge on any atom is 0.253 e. The van der Waals surface area contributed by atoms with Crippen LogP contribution < -0.4 is 5.32 Å². The van der Waals surface area contributed by atoms with Crippen molar-refractivity contribution in [3.63, 3.8) is 0 Å². The Morgan fingerprint density at radius 1 is 1.65 bits per heavy atom. The molecule has 17 heavy (non-hydrogen) atoms. The molecule has 1 saturated heterocycles. The van der Waals surface area contributed by atoms with Crippen LogP contribution >= 0.6 is 0 Å². The highest BCUT2D eigenvalue weighted by atomic mass is 16.5. The van der Waals surface area contributed by atoms with E-state index in [0.717, 1.165) is 30.7 Å². The van der Waals surface area contributed by atoms with Gasteiger partial charge in [0, 0.05) is 25.0 Å². The van der Waals surface area contributed by atoms with Crippen molar-refractivity contribution in [1.82, 2.24) is 10.3 Å². The van der Waals surface area contributed by atoms with Crippen molar-refractivity contribution < 1.29 is 9.53 Å². The largest absolute Gasteiger partial charge is 0.376 e. The molecule has 1 aliphatic heterocycles. The van der Waals surface area contributed by atoms with Crippen molar-refractivity contribution >= 4 is 5.91 Å². The van der Waals surface area contributed by atoms with Crippen molar-refractivity contribution in [1.29, 1.82) is 0 Å². The average Bonchev–Trinajstić information content (AvgIpc) is 2.96. The summed E-state index contributed by atoms with van der Waals surface area (Å²) in [6, 6.07) is 1.83. The monoisotopic (exact) mass is 236 g/mol. The summed E-state index contributed by atoms with van der Waals surface area (Å²) in [7, 11) is 0. The molecular weight excluding hydrogens is 216 g/mol. The SMILES string of the molecule is CC(C)c1[nH]ccc1C(=O)NCC1CCCO1. The van der Waals surface area contributed by atoms with E-state index in [9.17, 15) is 4.79 Å². The van der Waals surface area contributed by atoms with Gasteiger partial charge in [-0.25, -0.2) is 0 Å². The first-order valence-electron chi connectivity index (χ1n) is 6.25. The molecule has 1 atom stereocenters. The Morgan fingerprint density at radius 3 is 3.12 bits per heavy atom. The number of aromatic amines is 1. The van der Waals surface area contributed by atoms with Gasteiger partial charge >= 0.3 is 0 Å². The van der Waals surface area contributed by atoms with Crippen LogP contribution in [-0.4, -0.2) is 30.1 Å². The fourth-order valence-electron chi connectivity index (χ4n) is 2.17. The van der Waals surface area contributed by atoms with E-state index >= 15 is 0 Å². The van der Waals surface area contributed by atoms with Gasteiger partial charge in [0.25, 0.3) is 5.91 Å². The fourth-order valence-corrected chi connectivity index (χ4v) is 2.17. The standard InChI is InChI=1S/C13H20N2O2/c1-9(2)12-11(5-6-14-12)13(16)15-8-10-4-3-7-17-10/h5-6,9-10,14H,3-4,7-8H2,1-2H3,(H,15,16). The van der Waals surface area contributed by atoms with E-state index < -0.39 is 0 Å². The third-order valence-electron chi connectivity index (χ3n) is 3.12. The summed E-state index contributed by atoms with van der Waals surface area (Å²) in [5, 5.41) is 2.94. The summed E-state index contributed by atoms with van der Waals surface area (Å²) in [6.07, 6.45) is 4.16. The maximum absolute atomic E-state index is 12.0. The minimum atomic E-state index is -0.00884. The summed E-state index contributed by atoms with van der Waals surface area (Å²) in [4.78, 5) is 15.1. The maximum atomic E-state index is 12.0. The second-order valence-corrected chi connectivity index (χ2v) is 4.80. The molecule has 0 saturated carbocycles. The van der Waals surface area contributed by atoms with Gasteiger partial charge in [0.05, 0.1) is 11.7 Å². The zero-order valence-electron chi connectivity index (χ0n) is 10.5. The van der Waals surface area contributed by atoms with Crippen LogP contribution in [0.15, 0.2) is 12.3 Å². The zero-order valence-corrected chi connectivity index (χ0v) is 10.5. The Morgan fingerprint density at radius 2 is 2.47 bits per heavy atom. The van der Waals surface area contributed by atoms with Crippen molar-refractivity contribution in [3.05, 3.63) is 23.5 Å². The Kier molecular flexibility index (Phi) is 3.84. The summed E-state index contributed by atoms with van der Waals surface area (Å²) in [6.45, 7) is 5.58. The van der Waals surface area contributed by atoms with Crippen molar-refractivity contribution in [2.45, 2.75) is 38.7 Å². The van der Waals surface area contributed by atoms with E-state index in [0.29, 0.717) is 12.5 Å². The summed E-state index contributed by atoms with van der Waals surface area (Å²) in [5.74, 6) is 0.318. The van der Waals surface area contributed by atoms with Gasteiger partial charge in [-0.05, 0) is 24.8 Å². The Balaban J connectivity index is 1.92. The van der Waals surface area contributed by atoms with Gasteiger partial charge in [0.1, 0.15) is 0 Å². The molecule has 0 bridgehead atoms. The highest BCUT2D eigenvalue weighted by Gasteiger charge is 2.19. The normalized spacial score (nSPS) is 19.8. The van der Waals surface area contributed by atoms with Crippen LogP contribution in [0.2, 0.25) is 0 Å². The molecule has 0 spiro atoms. The molecule has 94 valence electrons. The first-order valence-corrected chi connectivity index (χ1v) is 6.25. The number of carbonyl (C=O) groups excluding carboxylic acids is 1. The van der Waals surface area contributed by atoms with Crippen LogP contribution in [0.25, 0.3) is 0 Å². The number of rotatable bonds is 4. The van der Waals surface area contributed by atoms with E-state index in [1.807, 2.05) is 12.3 Å². The van der Waals surface area contributed by atoms with E-state index in [4.69, 9.17) is 4.74 Å². The van der Waals surface area contributed by atoms with Gasteiger partial charge in [-0.2, -0.15) is 0 Å². The second-order valence-electron chi connectivity index (χ2n) is 4.80. The van der Waals surface area contributed by atoms with Gasteiger partial charge in [0.2, 0.25) is 0 Å². The summed E-state index contributed by atoms with van der Waals surface area (Å²) in [5.41, 5.74) is 1.74. The molecular formula is C13H20N2O2. The number of carbonyl (C=O) groups is 1. The van der Waals surface area contributed by atoms with Crippen LogP contribution in [0.5, 0.6) is 0 Å². The van der Waals surface area contributed by atoms with Crippen molar-refractivity contribution in [2.24, 2.45) is 0 Å². The molecule has 1 aliphatic rings. The van der Waals surface area contributed by atoms with Crippen LogP contribution in [0.3, 0.4) is 0 Å². The van der Waals surface area contributed by atoms with Gasteiger partial charge in [-0.3, -0.25) is 4.79 Å². The molecule has 1 aromatic heterocycles. The molecule has 1 fully saturated rings.